The molecule has 150 valence electrons. The van der Waals surface area contributed by atoms with Crippen LogP contribution in [-0.4, -0.2) is 23.4 Å². The van der Waals surface area contributed by atoms with Crippen molar-refractivity contribution in [3.8, 4) is 0 Å². The normalized spacial score (nSPS) is 20.0. The van der Waals surface area contributed by atoms with Crippen LogP contribution in [0.25, 0.3) is 10.9 Å². The van der Waals surface area contributed by atoms with E-state index in [0.717, 1.165) is 17.1 Å². The van der Waals surface area contributed by atoms with E-state index in [1.165, 1.54) is 42.1 Å². The minimum absolute atomic E-state index is 0.586. The standard InChI is InChI=1S/C21H26N4S.C2H6/c1-2-23-15-7-5-14(6-8-15)18-13-24-19-10-9-16(12-17(18)19)25-21(22)20-4-3-11-26-20;1-2/h3-4,9-15,23-24H,2,5-8H2,1H3,(H2,22,25);1-2H3. The van der Waals surface area contributed by atoms with Crippen LogP contribution in [0.2, 0.25) is 0 Å². The highest BCUT2D eigenvalue weighted by Gasteiger charge is 2.23. The Kier molecular flexibility index (Phi) is 7.29. The largest absolute Gasteiger partial charge is 0.383 e. The van der Waals surface area contributed by atoms with E-state index in [1.54, 1.807) is 11.3 Å². The average Bonchev–Trinajstić information content (AvgIpc) is 3.40. The number of aliphatic imine (C=N–C) groups is 1. The van der Waals surface area contributed by atoms with Gasteiger partial charge in [0.25, 0.3) is 0 Å². The molecule has 0 amide bonds. The van der Waals surface area contributed by atoms with Gasteiger partial charge in [0.2, 0.25) is 0 Å². The van der Waals surface area contributed by atoms with E-state index in [4.69, 9.17) is 5.73 Å². The molecule has 1 aliphatic rings. The molecule has 5 heteroatoms. The summed E-state index contributed by atoms with van der Waals surface area (Å²) < 4.78 is 0. The van der Waals surface area contributed by atoms with Gasteiger partial charge in [-0.3, -0.25) is 0 Å². The van der Waals surface area contributed by atoms with Gasteiger partial charge >= 0.3 is 0 Å². The van der Waals surface area contributed by atoms with Crippen molar-refractivity contribution in [1.82, 2.24) is 10.3 Å². The molecule has 4 N–H and O–H groups in total. The first-order chi connectivity index (χ1) is 13.7. The molecule has 1 fully saturated rings. The summed E-state index contributed by atoms with van der Waals surface area (Å²) in [6.45, 7) is 7.26. The molecule has 2 aromatic heterocycles. The summed E-state index contributed by atoms with van der Waals surface area (Å²) in [4.78, 5) is 9.09. The molecular formula is C23H32N4S. The van der Waals surface area contributed by atoms with Gasteiger partial charge in [0.05, 0.1) is 10.6 Å². The molecule has 28 heavy (non-hydrogen) atoms. The summed E-state index contributed by atoms with van der Waals surface area (Å²) in [5.41, 5.74) is 9.70. The molecule has 4 rings (SSSR count). The van der Waals surface area contributed by atoms with Gasteiger partial charge in [-0.1, -0.05) is 26.8 Å². The second-order valence-corrected chi connectivity index (χ2v) is 8.00. The van der Waals surface area contributed by atoms with Crippen LogP contribution in [0.5, 0.6) is 0 Å². The van der Waals surface area contributed by atoms with Crippen LogP contribution in [-0.2, 0) is 0 Å². The zero-order chi connectivity index (χ0) is 19.9. The van der Waals surface area contributed by atoms with Gasteiger partial charge in [0.1, 0.15) is 5.84 Å². The SMILES string of the molecule is CC.CCNC1CCC(c2c[nH]c3ccc(N=C(N)c4cccs4)cc23)CC1. The lowest BCUT2D eigenvalue weighted by atomic mass is 9.81. The summed E-state index contributed by atoms with van der Waals surface area (Å²) in [6.07, 6.45) is 7.20. The fourth-order valence-corrected chi connectivity index (χ4v) is 4.68. The fourth-order valence-electron chi connectivity index (χ4n) is 4.05. The van der Waals surface area contributed by atoms with Gasteiger partial charge in [-0.05, 0) is 73.4 Å². The zero-order valence-corrected chi connectivity index (χ0v) is 18.0. The van der Waals surface area contributed by atoms with Crippen molar-refractivity contribution >= 4 is 33.8 Å². The van der Waals surface area contributed by atoms with Gasteiger partial charge in [-0.2, -0.15) is 0 Å². The van der Waals surface area contributed by atoms with Crippen LogP contribution in [0.15, 0.2) is 46.9 Å². The lowest BCUT2D eigenvalue weighted by molar-refractivity contribution is 0.349. The third-order valence-electron chi connectivity index (χ3n) is 5.38. The van der Waals surface area contributed by atoms with E-state index in [0.29, 0.717) is 17.8 Å². The number of amidine groups is 1. The molecule has 4 nitrogen and oxygen atoms in total. The highest BCUT2D eigenvalue weighted by Crippen LogP contribution is 2.37. The molecule has 2 heterocycles. The molecule has 0 unspecified atom stereocenters. The Labute approximate surface area is 172 Å². The predicted molar refractivity (Wildman–Crippen MR) is 123 cm³/mol. The van der Waals surface area contributed by atoms with Crippen LogP contribution >= 0.6 is 11.3 Å². The maximum Gasteiger partial charge on any atom is 0.141 e. The number of aromatic amines is 1. The maximum absolute atomic E-state index is 6.16. The lowest BCUT2D eigenvalue weighted by Crippen LogP contribution is -2.32. The second-order valence-electron chi connectivity index (χ2n) is 7.05. The Bertz CT molecular complexity index is 887. The number of thiophene rings is 1. The van der Waals surface area contributed by atoms with E-state index in [9.17, 15) is 0 Å². The van der Waals surface area contributed by atoms with Crippen molar-refractivity contribution in [2.45, 2.75) is 58.4 Å². The van der Waals surface area contributed by atoms with Crippen molar-refractivity contribution in [1.29, 1.82) is 0 Å². The Morgan fingerprint density at radius 3 is 2.68 bits per heavy atom. The number of H-pyrrole nitrogens is 1. The lowest BCUT2D eigenvalue weighted by Gasteiger charge is -2.28. The third-order valence-corrected chi connectivity index (χ3v) is 6.27. The Morgan fingerprint density at radius 1 is 1.21 bits per heavy atom. The van der Waals surface area contributed by atoms with Gasteiger partial charge in [0.15, 0.2) is 0 Å². The maximum atomic E-state index is 6.16. The number of nitrogens with one attached hydrogen (secondary N) is 2. The first-order valence-corrected chi connectivity index (χ1v) is 11.3. The summed E-state index contributed by atoms with van der Waals surface area (Å²) in [7, 11) is 0. The number of nitrogens with two attached hydrogens (primary N) is 1. The molecule has 0 bridgehead atoms. The second kappa shape index (κ2) is 9.89. The minimum Gasteiger partial charge on any atom is -0.383 e. The highest BCUT2D eigenvalue weighted by atomic mass is 32.1. The number of hydrogen-bond acceptors (Lipinski definition) is 3. The Balaban J connectivity index is 0.00000109. The van der Waals surface area contributed by atoms with E-state index >= 15 is 0 Å². The molecule has 1 aliphatic carbocycles. The van der Waals surface area contributed by atoms with Crippen molar-refractivity contribution in [3.05, 3.63) is 52.3 Å². The summed E-state index contributed by atoms with van der Waals surface area (Å²) in [6, 6.07) is 11.0. The van der Waals surface area contributed by atoms with Crippen LogP contribution in [0.4, 0.5) is 5.69 Å². The van der Waals surface area contributed by atoms with E-state index in [-0.39, 0.29) is 0 Å². The monoisotopic (exact) mass is 396 g/mol. The molecule has 1 saturated carbocycles. The number of rotatable bonds is 5. The summed E-state index contributed by atoms with van der Waals surface area (Å²) in [5.74, 6) is 1.22. The van der Waals surface area contributed by atoms with Crippen molar-refractivity contribution < 1.29 is 0 Å². The topological polar surface area (TPSA) is 66.2 Å². The summed E-state index contributed by atoms with van der Waals surface area (Å²) >= 11 is 1.62. The van der Waals surface area contributed by atoms with Crippen LogP contribution in [0.1, 0.15) is 62.8 Å². The molecule has 0 aliphatic heterocycles. The van der Waals surface area contributed by atoms with Crippen molar-refractivity contribution in [2.24, 2.45) is 10.7 Å². The van der Waals surface area contributed by atoms with Crippen LogP contribution < -0.4 is 11.1 Å². The zero-order valence-electron chi connectivity index (χ0n) is 17.2. The minimum atomic E-state index is 0.586. The number of hydrogen-bond donors (Lipinski definition) is 3. The summed E-state index contributed by atoms with van der Waals surface area (Å²) in [5, 5.41) is 6.90. The average molecular weight is 397 g/mol. The first-order valence-electron chi connectivity index (χ1n) is 10.5. The number of fused-ring (bicyclic) bond motifs is 1. The molecular weight excluding hydrogens is 364 g/mol. The Morgan fingerprint density at radius 2 is 2.00 bits per heavy atom. The smallest absolute Gasteiger partial charge is 0.141 e. The Hall–Kier alpha value is -2.11. The number of aromatic nitrogens is 1. The van der Waals surface area contributed by atoms with Gasteiger partial charge < -0.3 is 16.0 Å². The molecule has 0 spiro atoms. The number of nitrogens with zero attached hydrogens (tertiary/aromatic N) is 1. The number of benzene rings is 1. The first kappa shape index (κ1) is 20.6. The van der Waals surface area contributed by atoms with Gasteiger partial charge in [0, 0.05) is 23.1 Å². The van der Waals surface area contributed by atoms with Crippen LogP contribution in [0.3, 0.4) is 0 Å². The van der Waals surface area contributed by atoms with Crippen molar-refractivity contribution in [3.63, 3.8) is 0 Å². The van der Waals surface area contributed by atoms with Gasteiger partial charge in [-0.25, -0.2) is 4.99 Å². The molecule has 1 aromatic carbocycles. The van der Waals surface area contributed by atoms with Crippen molar-refractivity contribution in [2.75, 3.05) is 6.54 Å². The fraction of sp³-hybridized carbons (Fsp3) is 0.435. The van der Waals surface area contributed by atoms with Gasteiger partial charge in [-0.15, -0.1) is 11.3 Å². The quantitative estimate of drug-likeness (QED) is 0.370. The van der Waals surface area contributed by atoms with E-state index < -0.39 is 0 Å². The molecule has 3 aromatic rings. The molecule has 0 atom stereocenters. The van der Waals surface area contributed by atoms with E-state index in [1.807, 2.05) is 37.4 Å². The third kappa shape index (κ3) is 4.65. The van der Waals surface area contributed by atoms with E-state index in [2.05, 4.69) is 40.5 Å². The molecule has 0 radical (unpaired) electrons. The molecule has 0 saturated heterocycles. The van der Waals surface area contributed by atoms with Crippen LogP contribution in [0, 0.1) is 0 Å². The predicted octanol–water partition coefficient (Wildman–Crippen LogP) is 5.93. The highest BCUT2D eigenvalue weighted by molar-refractivity contribution is 7.12.